The van der Waals surface area contributed by atoms with Gasteiger partial charge in [0.2, 0.25) is 0 Å². The maximum Gasteiger partial charge on any atom is 0.434 e. The Labute approximate surface area is 122 Å². The molecule has 2 rings (SSSR count). The summed E-state index contributed by atoms with van der Waals surface area (Å²) in [6.07, 6.45) is -0.571. The Kier molecular flexibility index (Phi) is 3.72. The minimum atomic E-state index is -0.571. The van der Waals surface area contributed by atoms with E-state index in [2.05, 4.69) is 9.84 Å². The lowest BCUT2D eigenvalue weighted by Gasteiger charge is -2.19. The number of esters is 1. The number of hydrogen-bond donors (Lipinski definition) is 0. The van der Waals surface area contributed by atoms with E-state index in [-0.39, 0.29) is 0 Å². The standard InChI is InChI=1S/C15H18N2O4/c1-9-11-8-10(13(18)21-15(2,3)4)6-7-12(11)17(16-9)14(19)20-5/h6-8H,1-5H3. The highest BCUT2D eigenvalue weighted by Crippen LogP contribution is 2.21. The number of benzene rings is 1. The lowest BCUT2D eigenvalue weighted by Crippen LogP contribution is -2.23. The monoisotopic (exact) mass is 290 g/mol. The summed E-state index contributed by atoms with van der Waals surface area (Å²) in [5.74, 6) is -0.408. The van der Waals surface area contributed by atoms with Crippen LogP contribution >= 0.6 is 0 Å². The van der Waals surface area contributed by atoms with Crippen LogP contribution in [-0.2, 0) is 9.47 Å². The molecule has 0 N–H and O–H groups in total. The number of ether oxygens (including phenoxy) is 2. The summed E-state index contributed by atoms with van der Waals surface area (Å²) in [5, 5.41) is 4.84. The Morgan fingerprint density at radius 2 is 1.90 bits per heavy atom. The number of aromatic nitrogens is 2. The van der Waals surface area contributed by atoms with Crippen LogP contribution in [0.2, 0.25) is 0 Å². The molecule has 0 fully saturated rings. The van der Waals surface area contributed by atoms with Gasteiger partial charge in [-0.1, -0.05) is 0 Å². The van der Waals surface area contributed by atoms with Gasteiger partial charge in [-0.3, -0.25) is 0 Å². The maximum absolute atomic E-state index is 12.1. The van der Waals surface area contributed by atoms with Crippen molar-refractivity contribution in [3.05, 3.63) is 29.5 Å². The highest BCUT2D eigenvalue weighted by molar-refractivity contribution is 5.97. The molecule has 0 aliphatic rings. The van der Waals surface area contributed by atoms with Crippen molar-refractivity contribution in [1.82, 2.24) is 9.78 Å². The zero-order valence-electron chi connectivity index (χ0n) is 12.8. The molecule has 0 unspecified atom stereocenters. The van der Waals surface area contributed by atoms with Crippen molar-refractivity contribution in [1.29, 1.82) is 0 Å². The number of carbonyl (C=O) groups excluding carboxylic acids is 2. The third-order valence-corrected chi connectivity index (χ3v) is 2.85. The quantitative estimate of drug-likeness (QED) is 0.755. The molecule has 1 aromatic heterocycles. The van der Waals surface area contributed by atoms with E-state index in [0.29, 0.717) is 22.2 Å². The molecule has 0 radical (unpaired) electrons. The summed E-state index contributed by atoms with van der Waals surface area (Å²) in [4.78, 5) is 23.7. The third kappa shape index (κ3) is 3.04. The van der Waals surface area contributed by atoms with Gasteiger partial charge >= 0.3 is 12.1 Å². The Morgan fingerprint density at radius 1 is 1.24 bits per heavy atom. The van der Waals surface area contributed by atoms with Crippen molar-refractivity contribution in [2.45, 2.75) is 33.3 Å². The topological polar surface area (TPSA) is 70.4 Å². The second-order valence-electron chi connectivity index (χ2n) is 5.70. The number of aryl methyl sites for hydroxylation is 1. The molecule has 2 aromatic rings. The molecular formula is C15H18N2O4. The largest absolute Gasteiger partial charge is 0.456 e. The first-order valence-corrected chi connectivity index (χ1v) is 6.54. The van der Waals surface area contributed by atoms with Crippen LogP contribution in [0.3, 0.4) is 0 Å². The van der Waals surface area contributed by atoms with Crippen LogP contribution in [0.15, 0.2) is 18.2 Å². The molecule has 0 saturated heterocycles. The fourth-order valence-electron chi connectivity index (χ4n) is 1.96. The maximum atomic E-state index is 12.1. The molecule has 0 aliphatic heterocycles. The predicted octanol–water partition coefficient (Wildman–Crippen LogP) is 2.91. The summed E-state index contributed by atoms with van der Waals surface area (Å²) < 4.78 is 11.2. The van der Waals surface area contributed by atoms with Crippen molar-refractivity contribution in [3.63, 3.8) is 0 Å². The minimum Gasteiger partial charge on any atom is -0.456 e. The fraction of sp³-hybridized carbons (Fsp3) is 0.400. The van der Waals surface area contributed by atoms with Gasteiger partial charge in [-0.25, -0.2) is 9.59 Å². The van der Waals surface area contributed by atoms with Crippen LogP contribution in [0.4, 0.5) is 4.79 Å². The van der Waals surface area contributed by atoms with Gasteiger partial charge in [-0.15, -0.1) is 0 Å². The predicted molar refractivity (Wildman–Crippen MR) is 77.4 cm³/mol. The van der Waals surface area contributed by atoms with Crippen LogP contribution in [0.1, 0.15) is 36.8 Å². The van der Waals surface area contributed by atoms with Crippen LogP contribution in [-0.4, -0.2) is 34.6 Å². The van der Waals surface area contributed by atoms with Crippen molar-refractivity contribution in [2.24, 2.45) is 0 Å². The number of hydrogen-bond acceptors (Lipinski definition) is 5. The summed E-state index contributed by atoms with van der Waals surface area (Å²) in [6.45, 7) is 7.19. The highest BCUT2D eigenvalue weighted by Gasteiger charge is 2.20. The lowest BCUT2D eigenvalue weighted by molar-refractivity contribution is 0.00697. The van der Waals surface area contributed by atoms with E-state index in [1.807, 2.05) is 20.8 Å². The van der Waals surface area contributed by atoms with E-state index >= 15 is 0 Å². The third-order valence-electron chi connectivity index (χ3n) is 2.85. The van der Waals surface area contributed by atoms with E-state index in [1.165, 1.54) is 11.8 Å². The van der Waals surface area contributed by atoms with Crippen molar-refractivity contribution in [3.8, 4) is 0 Å². The summed E-state index contributed by atoms with van der Waals surface area (Å²) >= 11 is 0. The Hall–Kier alpha value is -2.37. The van der Waals surface area contributed by atoms with Crippen LogP contribution < -0.4 is 0 Å². The molecule has 6 heteroatoms. The summed E-state index contributed by atoms with van der Waals surface area (Å²) in [7, 11) is 1.29. The van der Waals surface area contributed by atoms with Gasteiger partial charge in [0.1, 0.15) is 5.60 Å². The van der Waals surface area contributed by atoms with E-state index in [9.17, 15) is 9.59 Å². The number of nitrogens with zero attached hydrogens (tertiary/aromatic N) is 2. The zero-order valence-corrected chi connectivity index (χ0v) is 12.8. The number of rotatable bonds is 1. The van der Waals surface area contributed by atoms with Crippen LogP contribution in [0, 0.1) is 6.92 Å². The minimum absolute atomic E-state index is 0.408. The molecule has 0 spiro atoms. The normalized spacial score (nSPS) is 11.5. The van der Waals surface area contributed by atoms with Crippen LogP contribution in [0.25, 0.3) is 10.9 Å². The first kappa shape index (κ1) is 15.0. The van der Waals surface area contributed by atoms with Gasteiger partial charge < -0.3 is 9.47 Å². The average Bonchev–Trinajstić information content (AvgIpc) is 2.73. The zero-order chi connectivity index (χ0) is 15.8. The Balaban J connectivity index is 2.46. The van der Waals surface area contributed by atoms with Gasteiger partial charge in [-0.05, 0) is 45.9 Å². The van der Waals surface area contributed by atoms with E-state index < -0.39 is 17.7 Å². The SMILES string of the molecule is COC(=O)n1nc(C)c2cc(C(=O)OC(C)(C)C)ccc21. The molecule has 0 bridgehead atoms. The molecule has 0 saturated carbocycles. The van der Waals surface area contributed by atoms with Crippen molar-refractivity contribution in [2.75, 3.05) is 7.11 Å². The molecule has 0 atom stereocenters. The van der Waals surface area contributed by atoms with Crippen molar-refractivity contribution >= 4 is 23.0 Å². The average molecular weight is 290 g/mol. The molecule has 0 aliphatic carbocycles. The molecule has 1 aromatic carbocycles. The number of methoxy groups -OCH3 is 1. The Bertz CT molecular complexity index is 710. The van der Waals surface area contributed by atoms with Gasteiger partial charge in [0.15, 0.2) is 0 Å². The van der Waals surface area contributed by atoms with E-state index in [4.69, 9.17) is 4.74 Å². The number of fused-ring (bicyclic) bond motifs is 1. The van der Waals surface area contributed by atoms with Crippen LogP contribution in [0.5, 0.6) is 0 Å². The lowest BCUT2D eigenvalue weighted by atomic mass is 10.1. The van der Waals surface area contributed by atoms with E-state index in [0.717, 1.165) is 0 Å². The Morgan fingerprint density at radius 3 is 2.48 bits per heavy atom. The smallest absolute Gasteiger partial charge is 0.434 e. The first-order chi connectivity index (χ1) is 9.73. The second-order valence-corrected chi connectivity index (χ2v) is 5.70. The molecular weight excluding hydrogens is 272 g/mol. The summed E-state index contributed by atoms with van der Waals surface area (Å²) in [6, 6.07) is 4.94. The summed E-state index contributed by atoms with van der Waals surface area (Å²) in [5.41, 5.74) is 1.09. The molecule has 0 amide bonds. The second kappa shape index (κ2) is 5.20. The highest BCUT2D eigenvalue weighted by atomic mass is 16.6. The fourth-order valence-corrected chi connectivity index (χ4v) is 1.96. The van der Waals surface area contributed by atoms with Gasteiger partial charge in [0, 0.05) is 5.39 Å². The molecule has 112 valence electrons. The van der Waals surface area contributed by atoms with E-state index in [1.54, 1.807) is 25.1 Å². The van der Waals surface area contributed by atoms with Gasteiger partial charge in [-0.2, -0.15) is 9.78 Å². The molecule has 6 nitrogen and oxygen atoms in total. The molecule has 1 heterocycles. The van der Waals surface area contributed by atoms with Gasteiger partial charge in [0.25, 0.3) is 0 Å². The van der Waals surface area contributed by atoms with Gasteiger partial charge in [0.05, 0.1) is 23.9 Å². The molecule has 21 heavy (non-hydrogen) atoms. The number of carbonyl (C=O) groups is 2. The van der Waals surface area contributed by atoms with Crippen molar-refractivity contribution < 1.29 is 19.1 Å². The first-order valence-electron chi connectivity index (χ1n) is 6.54.